The summed E-state index contributed by atoms with van der Waals surface area (Å²) < 4.78 is 9.19. The molecule has 0 aliphatic carbocycles. The van der Waals surface area contributed by atoms with Gasteiger partial charge in [0.25, 0.3) is 5.91 Å². The number of aliphatic imine (C=N–C) groups is 1. The lowest BCUT2D eigenvalue weighted by atomic mass is 10.1. The Balaban J connectivity index is 1.46. The molecule has 5 rings (SSSR count). The van der Waals surface area contributed by atoms with Crippen LogP contribution in [0.1, 0.15) is 11.7 Å². The lowest BCUT2D eigenvalue weighted by Gasteiger charge is -2.35. The summed E-state index contributed by atoms with van der Waals surface area (Å²) in [7, 11) is 1.67. The minimum absolute atomic E-state index is 0.243. The second-order valence-electron chi connectivity index (χ2n) is 7.95. The molecule has 1 unspecified atom stereocenters. The molecular weight excluding hydrogens is 420 g/mol. The minimum Gasteiger partial charge on any atom is -0.379 e. The number of ether oxygens (including phenoxy) is 1. The van der Waals surface area contributed by atoms with Crippen molar-refractivity contribution in [2.24, 2.45) is 4.99 Å². The van der Waals surface area contributed by atoms with Crippen molar-refractivity contribution in [1.29, 1.82) is 0 Å². The number of rotatable bonds is 4. The van der Waals surface area contributed by atoms with Gasteiger partial charge in [-0.25, -0.2) is 9.36 Å². The van der Waals surface area contributed by atoms with E-state index in [2.05, 4.69) is 4.90 Å². The number of imidazole rings is 1. The van der Waals surface area contributed by atoms with Gasteiger partial charge in [0.1, 0.15) is 17.6 Å². The summed E-state index contributed by atoms with van der Waals surface area (Å²) in [5.74, 6) is 0.824. The number of amidine groups is 1. The van der Waals surface area contributed by atoms with E-state index in [1.165, 1.54) is 9.80 Å². The third-order valence-corrected chi connectivity index (χ3v) is 6.29. The van der Waals surface area contributed by atoms with Crippen LogP contribution >= 0.6 is 11.6 Å². The highest BCUT2D eigenvalue weighted by molar-refractivity contribution is 6.30. The maximum absolute atomic E-state index is 13.4. The van der Waals surface area contributed by atoms with Crippen LogP contribution in [0.2, 0.25) is 5.02 Å². The van der Waals surface area contributed by atoms with Crippen LogP contribution in [0, 0.1) is 6.92 Å². The van der Waals surface area contributed by atoms with Crippen molar-refractivity contribution in [3.05, 3.63) is 41.2 Å². The first-order valence-corrected chi connectivity index (χ1v) is 10.7. The molecular formula is C21H24ClN6O3+. The Kier molecular flexibility index (Phi) is 5.04. The van der Waals surface area contributed by atoms with Crippen molar-refractivity contribution >= 4 is 35.3 Å². The molecule has 2 saturated heterocycles. The van der Waals surface area contributed by atoms with Gasteiger partial charge in [-0.2, -0.15) is 4.57 Å². The van der Waals surface area contributed by atoms with Gasteiger partial charge in [-0.3, -0.25) is 19.5 Å². The van der Waals surface area contributed by atoms with Crippen LogP contribution in [0.3, 0.4) is 0 Å². The Morgan fingerprint density at radius 3 is 2.58 bits per heavy atom. The van der Waals surface area contributed by atoms with Gasteiger partial charge in [0.15, 0.2) is 0 Å². The third kappa shape index (κ3) is 3.33. The largest absolute Gasteiger partial charge is 0.406 e. The van der Waals surface area contributed by atoms with Crippen molar-refractivity contribution in [1.82, 2.24) is 19.3 Å². The molecule has 9 nitrogen and oxygen atoms in total. The van der Waals surface area contributed by atoms with E-state index in [0.717, 1.165) is 24.5 Å². The number of aryl methyl sites for hydroxylation is 1. The summed E-state index contributed by atoms with van der Waals surface area (Å²) in [5.41, 5.74) is 1.83. The standard InChI is InChI=1S/C21H24ClN6O3/c1-14-13-27-17-18(23-20(27)28(14)16-5-3-15(22)4-6-16)24(2)21(30)26(19(17)29)8-7-25-9-11-31-12-10-25/h3-6,13,17H,7-12H2,1-2H3/q+1. The molecule has 4 heterocycles. The molecule has 0 spiro atoms. The molecule has 1 aromatic heterocycles. The molecule has 1 atom stereocenters. The van der Waals surface area contributed by atoms with Gasteiger partial charge in [0, 0.05) is 38.2 Å². The molecule has 0 bridgehead atoms. The molecule has 1 aromatic carbocycles. The number of fused-ring (bicyclic) bond motifs is 3. The number of nitrogens with zero attached hydrogens (tertiary/aromatic N) is 6. The van der Waals surface area contributed by atoms with E-state index in [0.29, 0.717) is 43.1 Å². The van der Waals surface area contributed by atoms with Gasteiger partial charge in [-0.15, -0.1) is 0 Å². The molecule has 0 N–H and O–H groups in total. The van der Waals surface area contributed by atoms with Crippen LogP contribution in [0.15, 0.2) is 35.5 Å². The number of aromatic nitrogens is 2. The van der Waals surface area contributed by atoms with E-state index in [-0.39, 0.29) is 11.9 Å². The van der Waals surface area contributed by atoms with Crippen LogP contribution in [-0.2, 0) is 9.53 Å². The summed E-state index contributed by atoms with van der Waals surface area (Å²) in [6.45, 7) is 5.92. The van der Waals surface area contributed by atoms with Gasteiger partial charge >= 0.3 is 12.0 Å². The highest BCUT2D eigenvalue weighted by Gasteiger charge is 2.53. The molecule has 3 amide bonds. The van der Waals surface area contributed by atoms with E-state index in [4.69, 9.17) is 21.3 Å². The maximum Gasteiger partial charge on any atom is 0.406 e. The molecule has 0 saturated carbocycles. The average Bonchev–Trinajstić information content (AvgIpc) is 3.28. The van der Waals surface area contributed by atoms with E-state index < -0.39 is 6.04 Å². The van der Waals surface area contributed by atoms with Gasteiger partial charge in [0.2, 0.25) is 11.9 Å². The third-order valence-electron chi connectivity index (χ3n) is 6.04. The fourth-order valence-corrected chi connectivity index (χ4v) is 4.49. The van der Waals surface area contributed by atoms with Crippen molar-refractivity contribution < 1.29 is 18.9 Å². The van der Waals surface area contributed by atoms with Gasteiger partial charge in [-0.05, 0) is 31.2 Å². The first kappa shape index (κ1) is 20.2. The van der Waals surface area contributed by atoms with E-state index in [9.17, 15) is 9.59 Å². The first-order valence-electron chi connectivity index (χ1n) is 10.3. The number of carbonyl (C=O) groups is 2. The lowest BCUT2D eigenvalue weighted by Crippen LogP contribution is -2.63. The Hall–Kier alpha value is -2.75. The topological polar surface area (TPSA) is 74.3 Å². The highest BCUT2D eigenvalue weighted by atomic mass is 35.5. The Labute approximate surface area is 185 Å². The molecule has 3 aliphatic heterocycles. The number of likely N-dealkylation sites (N-methyl/N-ethyl adjacent to an activating group) is 1. The van der Waals surface area contributed by atoms with Crippen LogP contribution in [0.4, 0.5) is 10.7 Å². The normalized spacial score (nSPS) is 21.4. The van der Waals surface area contributed by atoms with E-state index >= 15 is 0 Å². The van der Waals surface area contributed by atoms with Crippen molar-refractivity contribution in [2.75, 3.05) is 46.4 Å². The van der Waals surface area contributed by atoms with Crippen LogP contribution < -0.4 is 4.57 Å². The van der Waals surface area contributed by atoms with Crippen molar-refractivity contribution in [3.8, 4) is 5.69 Å². The van der Waals surface area contributed by atoms with Gasteiger partial charge in [0.05, 0.1) is 13.2 Å². The van der Waals surface area contributed by atoms with Crippen molar-refractivity contribution in [2.45, 2.75) is 13.0 Å². The highest BCUT2D eigenvalue weighted by Crippen LogP contribution is 2.31. The molecule has 0 radical (unpaired) electrons. The zero-order valence-electron chi connectivity index (χ0n) is 17.5. The number of hydrogen-bond donors (Lipinski definition) is 0. The summed E-state index contributed by atoms with van der Waals surface area (Å²) in [6, 6.07) is 6.46. The summed E-state index contributed by atoms with van der Waals surface area (Å²) in [5, 5.41) is 0.647. The number of carbonyl (C=O) groups excluding carboxylic acids is 2. The van der Waals surface area contributed by atoms with Gasteiger partial charge < -0.3 is 4.74 Å². The number of halogens is 1. The lowest BCUT2D eigenvalue weighted by molar-refractivity contribution is -0.676. The predicted octanol–water partition coefficient (Wildman–Crippen LogP) is 1.54. The minimum atomic E-state index is -0.644. The zero-order valence-corrected chi connectivity index (χ0v) is 18.2. The van der Waals surface area contributed by atoms with Crippen molar-refractivity contribution in [3.63, 3.8) is 0 Å². The number of morpholine rings is 1. The smallest absolute Gasteiger partial charge is 0.379 e. The SMILES string of the molecule is Cc1c[n+]2c(n1-c1ccc(Cl)cc1)N=C1C2C(=O)N(CCN2CCOCC2)C(=O)N1C. The fourth-order valence-electron chi connectivity index (χ4n) is 4.37. The maximum atomic E-state index is 13.4. The molecule has 31 heavy (non-hydrogen) atoms. The van der Waals surface area contributed by atoms with Gasteiger partial charge in [-0.1, -0.05) is 16.6 Å². The number of amides is 3. The number of urea groups is 1. The van der Waals surface area contributed by atoms with E-state index in [1.807, 2.05) is 46.5 Å². The number of hydrogen-bond acceptors (Lipinski definition) is 5. The molecule has 2 fully saturated rings. The van der Waals surface area contributed by atoms with Crippen LogP contribution in [0.25, 0.3) is 5.69 Å². The first-order chi connectivity index (χ1) is 15.0. The number of imide groups is 1. The Morgan fingerprint density at radius 2 is 1.87 bits per heavy atom. The summed E-state index contributed by atoms with van der Waals surface area (Å²) in [6.07, 6.45) is 1.91. The quantitative estimate of drug-likeness (QED) is 0.672. The van der Waals surface area contributed by atoms with E-state index in [1.54, 1.807) is 7.05 Å². The predicted molar refractivity (Wildman–Crippen MR) is 114 cm³/mol. The Morgan fingerprint density at radius 1 is 1.16 bits per heavy atom. The average molecular weight is 444 g/mol. The molecule has 10 heteroatoms. The molecule has 2 aromatic rings. The molecule has 162 valence electrons. The van der Waals surface area contributed by atoms with Crippen LogP contribution in [-0.4, -0.2) is 83.5 Å². The zero-order chi connectivity index (χ0) is 21.7. The summed E-state index contributed by atoms with van der Waals surface area (Å²) >= 11 is 6.04. The number of benzene rings is 1. The molecule has 3 aliphatic rings. The summed E-state index contributed by atoms with van der Waals surface area (Å²) in [4.78, 5) is 36.1. The second kappa shape index (κ2) is 7.74. The second-order valence-corrected chi connectivity index (χ2v) is 8.38. The monoisotopic (exact) mass is 443 g/mol. The Bertz CT molecular complexity index is 1070. The van der Waals surface area contributed by atoms with Crippen LogP contribution in [0.5, 0.6) is 0 Å². The fraction of sp³-hybridized carbons (Fsp3) is 0.429.